The first-order valence-corrected chi connectivity index (χ1v) is 6.61. The minimum Gasteiger partial charge on any atom is -0.398 e. The minimum absolute atomic E-state index is 0.177. The molecule has 0 aromatic heterocycles. The second kappa shape index (κ2) is 5.13. The quantitative estimate of drug-likeness (QED) is 0.683. The first-order valence-electron chi connectivity index (χ1n) is 4.96. The number of sulfone groups is 1. The van der Waals surface area contributed by atoms with Gasteiger partial charge in [0.05, 0.1) is 16.3 Å². The fraction of sp³-hybridized carbons (Fsp3) is 0.400. The van der Waals surface area contributed by atoms with Gasteiger partial charge in [0.15, 0.2) is 9.84 Å². The summed E-state index contributed by atoms with van der Waals surface area (Å²) < 4.78 is 71.9. The topological polar surface area (TPSA) is 60.2 Å². The maximum Gasteiger partial charge on any atom is 0.389 e. The summed E-state index contributed by atoms with van der Waals surface area (Å²) in [6.45, 7) is 0. The van der Waals surface area contributed by atoms with Crippen LogP contribution in [0.5, 0.6) is 0 Å². The summed E-state index contributed by atoms with van der Waals surface area (Å²) in [4.78, 5) is -0.468. The lowest BCUT2D eigenvalue weighted by Gasteiger charge is -2.09. The zero-order chi connectivity index (χ0) is 14.0. The van der Waals surface area contributed by atoms with Gasteiger partial charge in [0.2, 0.25) is 0 Å². The van der Waals surface area contributed by atoms with Gasteiger partial charge in [-0.25, -0.2) is 12.8 Å². The van der Waals surface area contributed by atoms with Gasteiger partial charge in [-0.05, 0) is 24.6 Å². The summed E-state index contributed by atoms with van der Waals surface area (Å²) in [5, 5.41) is 0. The van der Waals surface area contributed by atoms with Crippen molar-refractivity contribution in [2.45, 2.75) is 23.9 Å². The smallest absolute Gasteiger partial charge is 0.389 e. The molecule has 1 rings (SSSR count). The molecule has 0 aliphatic carbocycles. The van der Waals surface area contributed by atoms with E-state index in [9.17, 15) is 26.0 Å². The van der Waals surface area contributed by atoms with E-state index < -0.39 is 45.3 Å². The zero-order valence-corrected chi connectivity index (χ0v) is 9.98. The highest BCUT2D eigenvalue weighted by Gasteiger charge is 2.28. The largest absolute Gasteiger partial charge is 0.398 e. The fourth-order valence-electron chi connectivity index (χ4n) is 1.35. The molecule has 0 bridgehead atoms. The van der Waals surface area contributed by atoms with Crippen molar-refractivity contribution in [1.29, 1.82) is 0 Å². The molecule has 0 fully saturated rings. The van der Waals surface area contributed by atoms with E-state index in [0.717, 1.165) is 12.1 Å². The molecule has 18 heavy (non-hydrogen) atoms. The zero-order valence-electron chi connectivity index (χ0n) is 9.17. The van der Waals surface area contributed by atoms with E-state index in [4.69, 9.17) is 5.73 Å². The van der Waals surface area contributed by atoms with Crippen molar-refractivity contribution in [1.82, 2.24) is 0 Å². The highest BCUT2D eigenvalue weighted by Crippen LogP contribution is 2.25. The molecule has 0 unspecified atom stereocenters. The lowest BCUT2D eigenvalue weighted by Crippen LogP contribution is -2.14. The lowest BCUT2D eigenvalue weighted by molar-refractivity contribution is -0.134. The molecule has 2 N–H and O–H groups in total. The van der Waals surface area contributed by atoms with E-state index in [1.54, 1.807) is 0 Å². The average molecular weight is 285 g/mol. The van der Waals surface area contributed by atoms with Crippen LogP contribution in [0.3, 0.4) is 0 Å². The van der Waals surface area contributed by atoms with Gasteiger partial charge in [0.1, 0.15) is 5.82 Å². The Hall–Kier alpha value is -1.31. The SMILES string of the molecule is Nc1ccc(F)cc1S(=O)(=O)CCCC(F)(F)F. The first-order chi connectivity index (χ1) is 8.12. The molecule has 0 amide bonds. The Bertz CT molecular complexity index is 525. The second-order valence-electron chi connectivity index (χ2n) is 3.72. The highest BCUT2D eigenvalue weighted by molar-refractivity contribution is 7.91. The maximum absolute atomic E-state index is 12.9. The molecule has 0 saturated heterocycles. The van der Waals surface area contributed by atoms with Gasteiger partial charge < -0.3 is 5.73 Å². The van der Waals surface area contributed by atoms with Crippen LogP contribution in [0.25, 0.3) is 0 Å². The number of nitrogens with two attached hydrogens (primary N) is 1. The molecule has 1 aromatic rings. The number of anilines is 1. The molecular formula is C10H11F4NO2S. The number of alkyl halides is 3. The van der Waals surface area contributed by atoms with Crippen molar-refractivity contribution in [2.75, 3.05) is 11.5 Å². The van der Waals surface area contributed by atoms with Crippen molar-refractivity contribution in [3.8, 4) is 0 Å². The van der Waals surface area contributed by atoms with Crippen LogP contribution in [0.15, 0.2) is 23.1 Å². The van der Waals surface area contributed by atoms with Gasteiger partial charge in [-0.15, -0.1) is 0 Å². The number of rotatable bonds is 4. The van der Waals surface area contributed by atoms with Crippen LogP contribution < -0.4 is 5.73 Å². The van der Waals surface area contributed by atoms with Crippen LogP contribution in [0.2, 0.25) is 0 Å². The predicted octanol–water partition coefficient (Wildman–Crippen LogP) is 2.52. The second-order valence-corrected chi connectivity index (χ2v) is 5.80. The molecule has 1 aromatic carbocycles. The van der Waals surface area contributed by atoms with Crippen molar-refractivity contribution in [3.05, 3.63) is 24.0 Å². The van der Waals surface area contributed by atoms with Crippen LogP contribution >= 0.6 is 0 Å². The van der Waals surface area contributed by atoms with Crippen LogP contribution in [0.4, 0.5) is 23.2 Å². The van der Waals surface area contributed by atoms with E-state index in [-0.39, 0.29) is 5.69 Å². The van der Waals surface area contributed by atoms with E-state index in [0.29, 0.717) is 6.07 Å². The maximum atomic E-state index is 12.9. The number of halogens is 4. The third kappa shape index (κ3) is 4.17. The van der Waals surface area contributed by atoms with Crippen LogP contribution in [-0.4, -0.2) is 20.3 Å². The van der Waals surface area contributed by atoms with Crippen molar-refractivity contribution < 1.29 is 26.0 Å². The van der Waals surface area contributed by atoms with Gasteiger partial charge in [-0.2, -0.15) is 13.2 Å². The molecule has 0 spiro atoms. The van der Waals surface area contributed by atoms with Crippen LogP contribution in [0.1, 0.15) is 12.8 Å². The van der Waals surface area contributed by atoms with Gasteiger partial charge in [-0.3, -0.25) is 0 Å². The van der Waals surface area contributed by atoms with E-state index in [1.807, 2.05) is 0 Å². The molecule has 0 aliphatic heterocycles. The Labute approximate surface area is 102 Å². The third-order valence-corrected chi connectivity index (χ3v) is 4.03. The normalized spacial score (nSPS) is 12.7. The third-order valence-electron chi connectivity index (χ3n) is 2.18. The first kappa shape index (κ1) is 14.7. The minimum atomic E-state index is -4.41. The van der Waals surface area contributed by atoms with E-state index in [1.165, 1.54) is 0 Å². The van der Waals surface area contributed by atoms with E-state index in [2.05, 4.69) is 0 Å². The van der Waals surface area contributed by atoms with Crippen molar-refractivity contribution >= 4 is 15.5 Å². The van der Waals surface area contributed by atoms with E-state index >= 15 is 0 Å². The lowest BCUT2D eigenvalue weighted by atomic mass is 10.3. The fourth-order valence-corrected chi connectivity index (χ4v) is 2.81. The Morgan fingerprint density at radius 3 is 2.39 bits per heavy atom. The van der Waals surface area contributed by atoms with Gasteiger partial charge in [0, 0.05) is 6.42 Å². The Morgan fingerprint density at radius 2 is 1.83 bits per heavy atom. The van der Waals surface area contributed by atoms with Gasteiger partial charge in [-0.1, -0.05) is 0 Å². The van der Waals surface area contributed by atoms with Crippen molar-refractivity contribution in [3.63, 3.8) is 0 Å². The predicted molar refractivity (Wildman–Crippen MR) is 58.2 cm³/mol. The molecule has 3 nitrogen and oxygen atoms in total. The van der Waals surface area contributed by atoms with Crippen LogP contribution in [-0.2, 0) is 9.84 Å². The molecule has 0 aliphatic rings. The highest BCUT2D eigenvalue weighted by atomic mass is 32.2. The molecule has 102 valence electrons. The number of hydrogen-bond acceptors (Lipinski definition) is 3. The van der Waals surface area contributed by atoms with Crippen LogP contribution in [0, 0.1) is 5.82 Å². The van der Waals surface area contributed by atoms with Gasteiger partial charge >= 0.3 is 6.18 Å². The summed E-state index contributed by atoms with van der Waals surface area (Å²) in [7, 11) is -4.00. The summed E-state index contributed by atoms with van der Waals surface area (Å²) in [6, 6.07) is 2.74. The average Bonchev–Trinajstić information content (AvgIpc) is 2.19. The molecular weight excluding hydrogens is 274 g/mol. The number of nitrogen functional groups attached to an aromatic ring is 1. The monoisotopic (exact) mass is 285 g/mol. The summed E-state index contributed by atoms with van der Waals surface area (Å²) in [5.74, 6) is -1.53. The Balaban J connectivity index is 2.84. The Morgan fingerprint density at radius 1 is 1.22 bits per heavy atom. The van der Waals surface area contributed by atoms with Crippen molar-refractivity contribution in [2.24, 2.45) is 0 Å². The molecule has 8 heteroatoms. The summed E-state index contributed by atoms with van der Waals surface area (Å²) in [5.41, 5.74) is 5.19. The Kier molecular flexibility index (Phi) is 4.20. The molecule has 0 radical (unpaired) electrons. The molecule has 0 atom stereocenters. The molecule has 0 heterocycles. The van der Waals surface area contributed by atoms with Gasteiger partial charge in [0.25, 0.3) is 0 Å². The number of hydrogen-bond donors (Lipinski definition) is 1. The summed E-state index contributed by atoms with van der Waals surface area (Å²) >= 11 is 0. The standard InChI is InChI=1S/C10H11F4NO2S/c11-7-2-3-8(15)9(6-7)18(16,17)5-1-4-10(12,13)14/h2-3,6H,1,4-5,15H2. The summed E-state index contributed by atoms with van der Waals surface area (Å²) in [6.07, 6.45) is -6.20. The molecule has 0 saturated carbocycles. The number of benzene rings is 1.